The molecule has 4 saturated carbocycles. The Hall–Kier alpha value is -4.83. The molecule has 4 bridgehead atoms. The van der Waals surface area contributed by atoms with Gasteiger partial charge in [0.05, 0.1) is 16.8 Å². The van der Waals surface area contributed by atoms with Gasteiger partial charge in [-0.15, -0.1) is 0 Å². The van der Waals surface area contributed by atoms with Gasteiger partial charge in [-0.25, -0.2) is 19.7 Å². The maximum absolute atomic E-state index is 13.9. The first-order chi connectivity index (χ1) is 26.0. The molecule has 5 aliphatic rings. The number of benzene rings is 2. The van der Waals surface area contributed by atoms with E-state index in [1.165, 1.54) is 49.9 Å². The number of fused-ring (bicyclic) bond motifs is 2. The number of amides is 1. The summed E-state index contributed by atoms with van der Waals surface area (Å²) in [6.45, 7) is 9.47. The first kappa shape index (κ1) is 34.9. The summed E-state index contributed by atoms with van der Waals surface area (Å²) in [5.41, 5.74) is 5.75. The van der Waals surface area contributed by atoms with Crippen molar-refractivity contribution in [3.05, 3.63) is 94.8 Å². The number of pyridine rings is 2. The van der Waals surface area contributed by atoms with Crippen LogP contribution in [0.1, 0.15) is 96.8 Å². The van der Waals surface area contributed by atoms with Crippen LogP contribution in [0.25, 0.3) is 21.3 Å². The molecule has 4 heterocycles. The third kappa shape index (κ3) is 6.74. The topological polar surface area (TPSA) is 107 Å². The van der Waals surface area contributed by atoms with Crippen molar-refractivity contribution in [1.82, 2.24) is 15.0 Å². The van der Waals surface area contributed by atoms with Crippen molar-refractivity contribution in [2.45, 2.75) is 84.8 Å². The van der Waals surface area contributed by atoms with Crippen molar-refractivity contribution in [3.63, 3.8) is 0 Å². The average molecular weight is 742 g/mol. The minimum Gasteiger partial charge on any atom is -0.477 e. The lowest BCUT2D eigenvalue weighted by Crippen LogP contribution is -2.48. The summed E-state index contributed by atoms with van der Waals surface area (Å²) < 4.78 is 13.6. The third-order valence-electron chi connectivity index (χ3n) is 12.0. The van der Waals surface area contributed by atoms with Crippen LogP contribution < -0.4 is 15.0 Å². The molecule has 0 spiro atoms. The van der Waals surface area contributed by atoms with Crippen molar-refractivity contribution in [3.8, 4) is 17.0 Å². The van der Waals surface area contributed by atoms with Crippen LogP contribution in [0.4, 0.5) is 10.9 Å². The van der Waals surface area contributed by atoms with E-state index in [-0.39, 0.29) is 17.0 Å². The van der Waals surface area contributed by atoms with Crippen molar-refractivity contribution in [1.29, 1.82) is 0 Å². The van der Waals surface area contributed by atoms with Gasteiger partial charge in [-0.3, -0.25) is 10.1 Å². The molecule has 1 N–H and O–H groups in total. The summed E-state index contributed by atoms with van der Waals surface area (Å²) in [5, 5.41) is 3.60. The van der Waals surface area contributed by atoms with Crippen LogP contribution in [0, 0.1) is 30.1 Å². The third-order valence-corrected chi connectivity index (χ3v) is 12.9. The number of aromatic nitrogens is 3. The van der Waals surface area contributed by atoms with Gasteiger partial charge >= 0.3 is 5.97 Å². The molecule has 10 rings (SSSR count). The summed E-state index contributed by atoms with van der Waals surface area (Å²) in [5.74, 6) is 3.14. The van der Waals surface area contributed by atoms with Crippen molar-refractivity contribution >= 4 is 44.4 Å². The molecule has 0 radical (unpaired) electrons. The highest BCUT2D eigenvalue weighted by Crippen LogP contribution is 2.60. The number of hydrogen-bond acceptors (Lipinski definition) is 9. The fraction of sp³-hybridized carbons (Fsp3) is 0.432. The Labute approximate surface area is 320 Å². The number of carbonyl (C=O) groups is 2. The highest BCUT2D eigenvalue weighted by atomic mass is 32.1. The summed E-state index contributed by atoms with van der Waals surface area (Å²) >= 11 is 1.46. The first-order valence-corrected chi connectivity index (χ1v) is 20.2. The number of nitrogens with one attached hydrogen (secondary N) is 1. The van der Waals surface area contributed by atoms with E-state index in [1.807, 2.05) is 82.3 Å². The molecule has 0 unspecified atom stereocenters. The molecule has 4 fully saturated rings. The first-order valence-electron chi connectivity index (χ1n) is 19.3. The Morgan fingerprint density at radius 3 is 2.43 bits per heavy atom. The second kappa shape index (κ2) is 13.5. The smallest absolute Gasteiger partial charge is 0.358 e. The van der Waals surface area contributed by atoms with Gasteiger partial charge in [0.2, 0.25) is 5.88 Å². The number of hydrogen-bond donors (Lipinski definition) is 1. The number of anilines is 2. The minimum absolute atomic E-state index is 0.195. The fourth-order valence-electron chi connectivity index (χ4n) is 10.0. The Bertz CT molecular complexity index is 2210. The summed E-state index contributed by atoms with van der Waals surface area (Å²) in [7, 11) is 0. The molecule has 0 saturated heterocycles. The van der Waals surface area contributed by atoms with Gasteiger partial charge in [0, 0.05) is 41.4 Å². The monoisotopic (exact) mass is 741 g/mol. The van der Waals surface area contributed by atoms with Crippen LogP contribution in [0.3, 0.4) is 0 Å². The van der Waals surface area contributed by atoms with Crippen LogP contribution in [0.15, 0.2) is 66.9 Å². The summed E-state index contributed by atoms with van der Waals surface area (Å²) in [6.07, 6.45) is 10.5. The Morgan fingerprint density at radius 1 is 0.926 bits per heavy atom. The van der Waals surface area contributed by atoms with Gasteiger partial charge in [-0.05, 0) is 143 Å². The molecule has 278 valence electrons. The normalized spacial score (nSPS) is 23.0. The second-order valence-corrected chi connectivity index (χ2v) is 18.1. The Kier molecular flexibility index (Phi) is 8.71. The predicted molar refractivity (Wildman–Crippen MR) is 212 cm³/mol. The molecule has 9 nitrogen and oxygen atoms in total. The van der Waals surface area contributed by atoms with Crippen LogP contribution >= 0.6 is 11.3 Å². The van der Waals surface area contributed by atoms with E-state index in [0.717, 1.165) is 56.6 Å². The SMILES string of the molecule is Cc1c(-c2ccc(N3CCc4cccc(C(=O)Nc5nc6ccccc6s5)c4C3)nc2C(=O)OC(C)(C)C)ccnc1OCC12CC3CC(CC(C3)C1)C2. The second-order valence-electron chi connectivity index (χ2n) is 17.1. The molecule has 0 atom stereocenters. The number of nitrogens with zero attached hydrogens (tertiary/aromatic N) is 4. The standard InChI is InChI=1S/C44H47N5O4S/c1-26-31(14-16-45-40(26)52-25-44-21-27-18-28(22-44)20-29(19-27)23-44)32-12-13-37(47-38(32)41(51)53-43(2,3)4)49-17-15-30-8-7-9-33(34(30)24-49)39(50)48-42-46-35-10-5-6-11-36(35)54-42/h5-14,16,27-29H,15,17-25H2,1-4H3,(H,46,48,50). The zero-order valence-electron chi connectivity index (χ0n) is 31.5. The molecule has 4 aliphatic carbocycles. The maximum atomic E-state index is 13.9. The molecule has 3 aromatic heterocycles. The van der Waals surface area contributed by atoms with Gasteiger partial charge in [-0.1, -0.05) is 35.6 Å². The molecule has 5 aromatic rings. The zero-order chi connectivity index (χ0) is 37.2. The zero-order valence-corrected chi connectivity index (χ0v) is 32.3. The van der Waals surface area contributed by atoms with Crippen LogP contribution in [-0.2, 0) is 17.7 Å². The van der Waals surface area contributed by atoms with E-state index in [1.54, 1.807) is 6.20 Å². The molecule has 1 aliphatic heterocycles. The number of carbonyl (C=O) groups excluding carboxylic acids is 2. The Balaban J connectivity index is 0.995. The van der Waals surface area contributed by atoms with Gasteiger partial charge in [0.15, 0.2) is 10.8 Å². The van der Waals surface area contributed by atoms with Crippen LogP contribution in [0.5, 0.6) is 5.88 Å². The predicted octanol–water partition coefficient (Wildman–Crippen LogP) is 9.43. The molecule has 10 heteroatoms. The molecular formula is C44H47N5O4S. The molecule has 2 aromatic carbocycles. The summed E-state index contributed by atoms with van der Waals surface area (Å²) in [4.78, 5) is 44.1. The van der Waals surface area contributed by atoms with E-state index in [2.05, 4.69) is 26.3 Å². The van der Waals surface area contributed by atoms with Gasteiger partial charge in [-0.2, -0.15) is 0 Å². The van der Waals surface area contributed by atoms with E-state index in [4.69, 9.17) is 14.5 Å². The number of rotatable bonds is 8. The highest BCUT2D eigenvalue weighted by molar-refractivity contribution is 7.22. The lowest BCUT2D eigenvalue weighted by Gasteiger charge is -2.56. The average Bonchev–Trinajstić information content (AvgIpc) is 3.55. The van der Waals surface area contributed by atoms with Crippen molar-refractivity contribution in [2.24, 2.45) is 23.2 Å². The quantitative estimate of drug-likeness (QED) is 0.157. The van der Waals surface area contributed by atoms with E-state index in [0.29, 0.717) is 47.7 Å². The number of esters is 1. The van der Waals surface area contributed by atoms with Crippen LogP contribution in [-0.4, -0.2) is 45.6 Å². The van der Waals surface area contributed by atoms with Gasteiger partial charge < -0.3 is 14.4 Å². The lowest BCUT2D eigenvalue weighted by molar-refractivity contribution is -0.0752. The highest BCUT2D eigenvalue weighted by Gasteiger charge is 2.51. The molecular weight excluding hydrogens is 695 g/mol. The molecule has 54 heavy (non-hydrogen) atoms. The van der Waals surface area contributed by atoms with E-state index in [9.17, 15) is 9.59 Å². The van der Waals surface area contributed by atoms with Gasteiger partial charge in [0.1, 0.15) is 11.4 Å². The Morgan fingerprint density at radius 2 is 1.69 bits per heavy atom. The maximum Gasteiger partial charge on any atom is 0.358 e. The van der Waals surface area contributed by atoms with Crippen molar-refractivity contribution in [2.75, 3.05) is 23.4 Å². The van der Waals surface area contributed by atoms with Crippen molar-refractivity contribution < 1.29 is 19.1 Å². The van der Waals surface area contributed by atoms with Gasteiger partial charge in [0.25, 0.3) is 5.91 Å². The summed E-state index contributed by atoms with van der Waals surface area (Å²) in [6, 6.07) is 19.6. The van der Waals surface area contributed by atoms with E-state index < -0.39 is 11.6 Å². The largest absolute Gasteiger partial charge is 0.477 e. The number of thiazole rings is 1. The number of ether oxygens (including phenoxy) is 2. The van der Waals surface area contributed by atoms with Crippen LogP contribution in [0.2, 0.25) is 0 Å². The van der Waals surface area contributed by atoms with E-state index >= 15 is 0 Å². The molecule has 1 amide bonds. The number of para-hydroxylation sites is 1. The fourth-order valence-corrected chi connectivity index (χ4v) is 10.9. The lowest BCUT2D eigenvalue weighted by atomic mass is 9.50. The minimum atomic E-state index is -0.707.